The zero-order valence-corrected chi connectivity index (χ0v) is 27.1. The van der Waals surface area contributed by atoms with Gasteiger partial charge in [0.1, 0.15) is 0 Å². The monoisotopic (exact) mass is 551 g/mol. The molecule has 5 unspecified atom stereocenters. The van der Waals surface area contributed by atoms with Crippen LogP contribution >= 0.6 is 0 Å². The third-order valence-corrected chi connectivity index (χ3v) is 8.49. The number of hydrogen-bond donors (Lipinski definition) is 0. The molecule has 0 spiro atoms. The van der Waals surface area contributed by atoms with E-state index in [4.69, 9.17) is 9.57 Å². The van der Waals surface area contributed by atoms with Crippen molar-refractivity contribution >= 4 is 5.97 Å². The Morgan fingerprint density at radius 2 is 1.38 bits per heavy atom. The zero-order valence-electron chi connectivity index (χ0n) is 27.1. The highest BCUT2D eigenvalue weighted by Gasteiger charge is 2.48. The van der Waals surface area contributed by atoms with Crippen LogP contribution in [0, 0.1) is 17.3 Å². The Bertz CT molecular complexity index is 984. The summed E-state index contributed by atoms with van der Waals surface area (Å²) in [6, 6.07) is 21.4. The molecule has 0 saturated carbocycles. The van der Waals surface area contributed by atoms with Gasteiger partial charge in [0.15, 0.2) is 0 Å². The summed E-state index contributed by atoms with van der Waals surface area (Å²) in [7, 11) is 1.52. The zero-order chi connectivity index (χ0) is 29.9. The van der Waals surface area contributed by atoms with E-state index in [1.54, 1.807) is 0 Å². The molecule has 2 rings (SSSR count). The molecule has 0 amide bonds. The number of carbonyl (C=O) groups is 1. The van der Waals surface area contributed by atoms with Gasteiger partial charge in [-0.25, -0.2) is 0 Å². The number of ether oxygens (including phenoxy) is 1. The van der Waals surface area contributed by atoms with Gasteiger partial charge in [-0.3, -0.25) is 9.63 Å². The molecule has 40 heavy (non-hydrogen) atoms. The molecular formula is C36H57NO3. The van der Waals surface area contributed by atoms with E-state index in [-0.39, 0.29) is 23.7 Å². The molecule has 0 heterocycles. The van der Waals surface area contributed by atoms with Gasteiger partial charge in [-0.1, -0.05) is 115 Å². The fraction of sp³-hybridized carbons (Fsp3) is 0.639. The fourth-order valence-corrected chi connectivity index (χ4v) is 6.12. The van der Waals surface area contributed by atoms with Gasteiger partial charge < -0.3 is 4.74 Å². The largest absolute Gasteiger partial charge is 0.469 e. The Labute approximate surface area is 245 Å². The first-order valence-corrected chi connectivity index (χ1v) is 15.5. The quantitative estimate of drug-likeness (QED) is 0.154. The third kappa shape index (κ3) is 8.91. The van der Waals surface area contributed by atoms with Crippen molar-refractivity contribution in [1.29, 1.82) is 0 Å². The van der Waals surface area contributed by atoms with E-state index >= 15 is 0 Å². The summed E-state index contributed by atoms with van der Waals surface area (Å²) < 4.78 is 5.56. The molecule has 0 N–H and O–H groups in total. The van der Waals surface area contributed by atoms with E-state index in [1.807, 2.05) is 0 Å². The first kappa shape index (κ1) is 34.0. The van der Waals surface area contributed by atoms with Crippen LogP contribution in [-0.2, 0) is 14.4 Å². The van der Waals surface area contributed by atoms with Gasteiger partial charge >= 0.3 is 5.97 Å². The van der Waals surface area contributed by atoms with Gasteiger partial charge in [0.05, 0.1) is 24.7 Å². The number of rotatable bonds is 16. The van der Waals surface area contributed by atoms with Crippen LogP contribution < -0.4 is 0 Å². The Morgan fingerprint density at radius 3 is 1.82 bits per heavy atom. The third-order valence-electron chi connectivity index (χ3n) is 8.49. The molecule has 0 aliphatic carbocycles. The maximum Gasteiger partial charge on any atom is 0.314 e. The number of esters is 1. The van der Waals surface area contributed by atoms with Crippen molar-refractivity contribution in [3.63, 3.8) is 0 Å². The lowest BCUT2D eigenvalue weighted by atomic mass is 9.69. The van der Waals surface area contributed by atoms with Gasteiger partial charge in [0.25, 0.3) is 0 Å². The molecule has 0 aromatic heterocycles. The topological polar surface area (TPSA) is 38.8 Å². The first-order chi connectivity index (χ1) is 18.9. The number of unbranched alkanes of at least 4 members (excludes halogenated alkanes) is 1. The average molecular weight is 552 g/mol. The van der Waals surface area contributed by atoms with Crippen molar-refractivity contribution in [2.75, 3.05) is 7.11 Å². The van der Waals surface area contributed by atoms with Crippen LogP contribution in [0.15, 0.2) is 60.7 Å². The molecule has 0 aliphatic heterocycles. The summed E-state index contributed by atoms with van der Waals surface area (Å²) >= 11 is 0. The van der Waals surface area contributed by atoms with E-state index in [9.17, 15) is 4.79 Å². The van der Waals surface area contributed by atoms with Crippen LogP contribution in [0.3, 0.4) is 0 Å². The molecule has 5 atom stereocenters. The predicted molar refractivity (Wildman–Crippen MR) is 168 cm³/mol. The van der Waals surface area contributed by atoms with E-state index < -0.39 is 5.41 Å². The summed E-state index contributed by atoms with van der Waals surface area (Å²) in [5.74, 6) is 0.782. The van der Waals surface area contributed by atoms with Crippen LogP contribution in [0.2, 0.25) is 0 Å². The molecular weight excluding hydrogens is 494 g/mol. The number of carbonyl (C=O) groups excluding carboxylic acids is 1. The van der Waals surface area contributed by atoms with Crippen molar-refractivity contribution in [3.05, 3.63) is 71.8 Å². The SMILES string of the molecule is CCCCC(CC(C)(C(=O)OC)C(CCC)ON(C(c1ccccc1)C(C)C)C(C)(C)C)C(C)c1ccccc1. The number of nitrogens with zero attached hydrogens (tertiary/aromatic N) is 1. The lowest BCUT2D eigenvalue weighted by molar-refractivity contribution is -0.295. The van der Waals surface area contributed by atoms with Crippen LogP contribution in [0.25, 0.3) is 0 Å². The smallest absolute Gasteiger partial charge is 0.314 e. The number of hydroxylamine groups is 2. The number of hydrogen-bond acceptors (Lipinski definition) is 4. The first-order valence-electron chi connectivity index (χ1n) is 15.5. The maximum absolute atomic E-state index is 13.8. The molecule has 2 aromatic rings. The lowest BCUT2D eigenvalue weighted by Gasteiger charge is -2.47. The minimum atomic E-state index is -0.798. The minimum Gasteiger partial charge on any atom is -0.469 e. The Morgan fingerprint density at radius 1 is 0.825 bits per heavy atom. The summed E-state index contributed by atoms with van der Waals surface area (Å²) in [6.07, 6.45) is 5.43. The van der Waals surface area contributed by atoms with Crippen LogP contribution in [0.1, 0.15) is 124 Å². The van der Waals surface area contributed by atoms with Crippen LogP contribution in [-0.4, -0.2) is 29.8 Å². The second-order valence-corrected chi connectivity index (χ2v) is 13.2. The summed E-state index contributed by atoms with van der Waals surface area (Å²) in [4.78, 5) is 20.9. The summed E-state index contributed by atoms with van der Waals surface area (Å²) in [5, 5.41) is 2.18. The van der Waals surface area contributed by atoms with E-state index in [0.29, 0.717) is 17.8 Å². The molecule has 2 aromatic carbocycles. The second-order valence-electron chi connectivity index (χ2n) is 13.2. The standard InChI is InChI=1S/C36H57NO3/c1-11-13-21-31(28(5)29-22-16-14-17-23-29)26-36(9,34(38)39-10)32(20-12-2)40-37(35(6,7)8)33(27(3)4)30-24-18-15-19-25-30/h14-19,22-25,27-28,31-33H,11-13,20-21,26H2,1-10H3. The predicted octanol–water partition coefficient (Wildman–Crippen LogP) is 9.76. The normalized spacial score (nSPS) is 16.8. The molecule has 4 heteroatoms. The van der Waals surface area contributed by atoms with Crippen molar-refractivity contribution in [3.8, 4) is 0 Å². The fourth-order valence-electron chi connectivity index (χ4n) is 6.12. The highest BCUT2D eigenvalue weighted by molar-refractivity contribution is 5.77. The second kappa shape index (κ2) is 15.7. The average Bonchev–Trinajstić information content (AvgIpc) is 2.93. The van der Waals surface area contributed by atoms with Gasteiger partial charge in [0.2, 0.25) is 0 Å². The highest BCUT2D eigenvalue weighted by atomic mass is 16.7. The van der Waals surface area contributed by atoms with E-state index in [2.05, 4.69) is 128 Å². The highest BCUT2D eigenvalue weighted by Crippen LogP contribution is 2.45. The maximum atomic E-state index is 13.8. The molecule has 224 valence electrons. The number of methoxy groups -OCH3 is 1. The molecule has 4 nitrogen and oxygen atoms in total. The van der Waals surface area contributed by atoms with Gasteiger partial charge in [-0.15, -0.1) is 0 Å². The Balaban J connectivity index is 2.57. The number of benzene rings is 2. The summed E-state index contributed by atoms with van der Waals surface area (Å²) in [6.45, 7) is 19.9. The molecule has 0 fully saturated rings. The van der Waals surface area contributed by atoms with Crippen LogP contribution in [0.5, 0.6) is 0 Å². The molecule has 0 radical (unpaired) electrons. The van der Waals surface area contributed by atoms with E-state index in [1.165, 1.54) is 18.2 Å². The Kier molecular flexibility index (Phi) is 13.4. The lowest BCUT2D eigenvalue weighted by Crippen LogP contribution is -2.53. The molecule has 0 aliphatic rings. The molecule has 0 saturated heterocycles. The van der Waals surface area contributed by atoms with Crippen molar-refractivity contribution in [1.82, 2.24) is 5.06 Å². The Hall–Kier alpha value is -2.17. The van der Waals surface area contributed by atoms with Gasteiger partial charge in [-0.2, -0.15) is 5.06 Å². The van der Waals surface area contributed by atoms with Crippen molar-refractivity contribution in [2.45, 2.75) is 124 Å². The summed E-state index contributed by atoms with van der Waals surface area (Å²) in [5.41, 5.74) is 1.46. The van der Waals surface area contributed by atoms with Crippen molar-refractivity contribution < 1.29 is 14.4 Å². The van der Waals surface area contributed by atoms with Crippen LogP contribution in [0.4, 0.5) is 0 Å². The van der Waals surface area contributed by atoms with Crippen molar-refractivity contribution in [2.24, 2.45) is 17.3 Å². The van der Waals surface area contributed by atoms with Gasteiger partial charge in [0, 0.05) is 5.54 Å². The molecule has 0 bridgehead atoms. The van der Waals surface area contributed by atoms with E-state index in [0.717, 1.165) is 38.5 Å². The minimum absolute atomic E-state index is 0.0431. The van der Waals surface area contributed by atoms with Gasteiger partial charge in [-0.05, 0) is 75.8 Å².